The van der Waals surface area contributed by atoms with E-state index in [1.165, 1.54) is 7.11 Å². The molecule has 2 amide bonds. The predicted molar refractivity (Wildman–Crippen MR) is 198 cm³/mol. The average Bonchev–Trinajstić information content (AvgIpc) is 3.70. The second kappa shape index (κ2) is 19.5. The van der Waals surface area contributed by atoms with Crippen LogP contribution in [0.25, 0.3) is 0 Å². The third-order valence-corrected chi connectivity index (χ3v) is 11.3. The zero-order chi connectivity index (χ0) is 40.3. The van der Waals surface area contributed by atoms with Gasteiger partial charge in [0.15, 0.2) is 5.60 Å². The van der Waals surface area contributed by atoms with Gasteiger partial charge in [-0.05, 0) is 64.4 Å². The van der Waals surface area contributed by atoms with Crippen LogP contribution < -0.4 is 5.32 Å². The number of carboxylic acids is 2. The van der Waals surface area contributed by atoms with Gasteiger partial charge in [-0.3, -0.25) is 14.5 Å². The van der Waals surface area contributed by atoms with Crippen molar-refractivity contribution < 1.29 is 53.0 Å². The highest BCUT2D eigenvalue weighted by Crippen LogP contribution is 2.48. The van der Waals surface area contributed by atoms with E-state index >= 15 is 0 Å². The Hall–Kier alpha value is -4.04. The molecule has 16 heteroatoms. The molecule has 3 heterocycles. The summed E-state index contributed by atoms with van der Waals surface area (Å²) in [5.74, 6) is -5.81. The fourth-order valence-electron chi connectivity index (χ4n) is 7.97. The summed E-state index contributed by atoms with van der Waals surface area (Å²) in [5, 5.41) is 32.5. The maximum Gasteiger partial charge on any atom is 0.482 e. The Labute approximate surface area is 318 Å². The first-order valence-electron chi connectivity index (χ1n) is 18.8. The highest BCUT2D eigenvalue weighted by atomic mass is 16.6. The van der Waals surface area contributed by atoms with Crippen molar-refractivity contribution in [1.82, 2.24) is 15.1 Å². The standard InChI is InChI=1S/C36H51BN4O11.C2H6/c1-24-22-40(16-18-50-24)34(3,4)25(2)28(21-38)31(45)41-27-11-13-35(41,14-12-27)23-51-33(48)39-29(19-26-9-7-6-8-10-26)37(49-5)52-36(15-17-42,32(46)47)20-30(43)44;1-2/h6-10,17,24-25,27-29H,11-16,18-20,22-23H2,1-5H3,(H,39,48)(H,43,44)(H,46,47);1-2H3. The minimum absolute atomic E-state index is 0.0382. The molecular formula is C38H57BN4O11. The summed E-state index contributed by atoms with van der Waals surface area (Å²) in [5.41, 5.74) is -3.04. The third kappa shape index (κ3) is 10.2. The number of fused-ring (bicyclic) bond motifs is 2. The van der Waals surface area contributed by atoms with Crippen LogP contribution in [-0.4, -0.2) is 126 Å². The minimum atomic E-state index is -2.47. The average molecular weight is 757 g/mol. The van der Waals surface area contributed by atoms with Crippen LogP contribution in [0, 0.1) is 23.2 Å². The molecule has 54 heavy (non-hydrogen) atoms. The number of aliphatic carboxylic acids is 2. The van der Waals surface area contributed by atoms with E-state index in [-0.39, 0.29) is 43.3 Å². The van der Waals surface area contributed by atoms with Crippen molar-refractivity contribution in [2.24, 2.45) is 11.8 Å². The molecule has 0 spiro atoms. The maximum atomic E-state index is 14.3. The summed E-state index contributed by atoms with van der Waals surface area (Å²) in [7, 11) is -0.311. The number of aldehydes is 1. The summed E-state index contributed by atoms with van der Waals surface area (Å²) in [6.45, 7) is 13.9. The highest BCUT2D eigenvalue weighted by Gasteiger charge is 2.57. The van der Waals surface area contributed by atoms with Gasteiger partial charge in [0, 0.05) is 38.2 Å². The lowest BCUT2D eigenvalue weighted by Crippen LogP contribution is -2.59. The lowest BCUT2D eigenvalue weighted by molar-refractivity contribution is -0.165. The molecule has 5 atom stereocenters. The van der Waals surface area contributed by atoms with Crippen molar-refractivity contribution in [3.05, 3.63) is 35.9 Å². The molecule has 3 saturated heterocycles. The molecule has 1 aromatic carbocycles. The number of ether oxygens (including phenoxy) is 2. The van der Waals surface area contributed by atoms with Crippen LogP contribution in [-0.2, 0) is 44.4 Å². The van der Waals surface area contributed by atoms with Crippen molar-refractivity contribution in [1.29, 1.82) is 5.26 Å². The largest absolute Gasteiger partial charge is 0.482 e. The maximum absolute atomic E-state index is 14.3. The van der Waals surface area contributed by atoms with Gasteiger partial charge in [-0.2, -0.15) is 5.26 Å². The van der Waals surface area contributed by atoms with Crippen LogP contribution in [0.3, 0.4) is 0 Å². The normalized spacial score (nSPS) is 23.7. The van der Waals surface area contributed by atoms with Gasteiger partial charge < -0.3 is 44.0 Å². The van der Waals surface area contributed by atoms with Crippen LogP contribution in [0.5, 0.6) is 0 Å². The molecule has 2 bridgehead atoms. The number of nitrogens with one attached hydrogen (secondary N) is 1. The Balaban J connectivity index is 0.00000385. The Morgan fingerprint density at radius 2 is 1.81 bits per heavy atom. The lowest BCUT2D eigenvalue weighted by atomic mass is 9.73. The number of amides is 2. The molecule has 3 aliphatic heterocycles. The summed E-state index contributed by atoms with van der Waals surface area (Å²) in [6, 6.07) is 11.1. The molecule has 0 saturated carbocycles. The van der Waals surface area contributed by atoms with E-state index in [1.54, 1.807) is 35.2 Å². The van der Waals surface area contributed by atoms with Gasteiger partial charge in [0.1, 0.15) is 18.8 Å². The van der Waals surface area contributed by atoms with Crippen molar-refractivity contribution in [2.75, 3.05) is 33.4 Å². The zero-order valence-corrected chi connectivity index (χ0v) is 32.6. The Kier molecular flexibility index (Phi) is 16.0. The van der Waals surface area contributed by atoms with Crippen LogP contribution in [0.4, 0.5) is 4.79 Å². The third-order valence-electron chi connectivity index (χ3n) is 11.3. The molecule has 5 unspecified atom stereocenters. The van der Waals surface area contributed by atoms with Gasteiger partial charge in [0.05, 0.1) is 36.7 Å². The zero-order valence-electron chi connectivity index (χ0n) is 32.6. The van der Waals surface area contributed by atoms with Gasteiger partial charge in [-0.25, -0.2) is 9.59 Å². The highest BCUT2D eigenvalue weighted by molar-refractivity contribution is 6.47. The summed E-state index contributed by atoms with van der Waals surface area (Å²) in [6.07, 6.45) is 0.236. The van der Waals surface area contributed by atoms with Crippen molar-refractivity contribution >= 4 is 37.3 Å². The van der Waals surface area contributed by atoms with E-state index in [0.717, 1.165) is 0 Å². The van der Waals surface area contributed by atoms with Gasteiger partial charge >= 0.3 is 25.2 Å². The molecule has 4 rings (SSSR count). The van der Waals surface area contributed by atoms with E-state index in [9.17, 15) is 39.4 Å². The number of rotatable bonds is 18. The molecule has 3 N–H and O–H groups in total. The Morgan fingerprint density at radius 3 is 2.35 bits per heavy atom. The second-order valence-corrected chi connectivity index (χ2v) is 14.8. The fourth-order valence-corrected chi connectivity index (χ4v) is 7.97. The number of nitriles is 1. The number of hydrogen-bond donors (Lipinski definition) is 3. The number of hydrogen-bond acceptors (Lipinski definition) is 11. The van der Waals surface area contributed by atoms with Crippen LogP contribution in [0.15, 0.2) is 30.3 Å². The molecule has 0 aliphatic carbocycles. The van der Waals surface area contributed by atoms with Crippen LogP contribution >= 0.6 is 0 Å². The summed E-state index contributed by atoms with van der Waals surface area (Å²) >= 11 is 0. The minimum Gasteiger partial charge on any atom is -0.481 e. The molecule has 0 aromatic heterocycles. The summed E-state index contributed by atoms with van der Waals surface area (Å²) in [4.78, 5) is 67.3. The summed E-state index contributed by atoms with van der Waals surface area (Å²) < 4.78 is 22.7. The van der Waals surface area contributed by atoms with Crippen LogP contribution in [0.1, 0.15) is 85.6 Å². The number of benzene rings is 1. The number of nitrogens with zero attached hydrogens (tertiary/aromatic N) is 3. The first-order valence-corrected chi connectivity index (χ1v) is 18.8. The van der Waals surface area contributed by atoms with Gasteiger partial charge in [-0.15, -0.1) is 0 Å². The quantitative estimate of drug-likeness (QED) is 0.145. The van der Waals surface area contributed by atoms with Gasteiger partial charge in [-0.1, -0.05) is 51.1 Å². The van der Waals surface area contributed by atoms with Crippen molar-refractivity contribution in [3.8, 4) is 6.07 Å². The van der Waals surface area contributed by atoms with Crippen molar-refractivity contribution in [3.63, 3.8) is 0 Å². The molecule has 3 fully saturated rings. The number of morpholine rings is 1. The first kappa shape index (κ1) is 44.4. The SMILES string of the molecule is CC.COB(OC(CC=O)(CC(=O)O)C(=O)O)C(Cc1ccccc1)NC(=O)OCC12CCC(CC1)N2C(=O)C(C#N)C(C)C(C)(C)N1CCOC(C)C1. The number of alkyl carbamates (subject to hydrolysis) is 1. The fraction of sp³-hybridized carbons (Fsp3) is 0.684. The van der Waals surface area contributed by atoms with Crippen molar-refractivity contribution in [2.45, 2.75) is 121 Å². The second-order valence-electron chi connectivity index (χ2n) is 14.8. The molecule has 15 nitrogen and oxygen atoms in total. The molecule has 298 valence electrons. The molecule has 3 aliphatic rings. The van der Waals surface area contributed by atoms with E-state index in [4.69, 9.17) is 18.8 Å². The smallest absolute Gasteiger partial charge is 0.481 e. The molecule has 0 radical (unpaired) electrons. The molecule has 1 aromatic rings. The van der Waals surface area contributed by atoms with E-state index in [1.807, 2.05) is 27.7 Å². The Bertz CT molecular complexity index is 1480. The topological polar surface area (TPSA) is 205 Å². The molecular weight excluding hydrogens is 699 g/mol. The van der Waals surface area contributed by atoms with E-state index in [2.05, 4.69) is 30.1 Å². The number of carbonyl (C=O) groups excluding carboxylic acids is 3. The lowest BCUT2D eigenvalue weighted by Gasteiger charge is -2.48. The van der Waals surface area contributed by atoms with Gasteiger partial charge in [0.25, 0.3) is 0 Å². The van der Waals surface area contributed by atoms with Gasteiger partial charge in [0.2, 0.25) is 5.91 Å². The van der Waals surface area contributed by atoms with E-state index < -0.39 is 66.5 Å². The van der Waals surface area contributed by atoms with E-state index in [0.29, 0.717) is 50.9 Å². The Morgan fingerprint density at radius 1 is 1.17 bits per heavy atom. The number of carbonyl (C=O) groups is 5. The first-order chi connectivity index (χ1) is 25.6. The van der Waals surface area contributed by atoms with Crippen LogP contribution in [0.2, 0.25) is 0 Å². The monoisotopic (exact) mass is 756 g/mol. The predicted octanol–water partition coefficient (Wildman–Crippen LogP) is 3.73. The number of carboxylic acid groups (broad SMARTS) is 2.